The standard InChI is InChI=1S/C38H56O16/c1-19-15-23(35(45)48-4)17-24(30(19)54-37-29(42)28(41)31(47-3)20(2)49-37)51-38-33(53-36(46)22-13-9-6-10-14-22)32(27(40)26(18-39)52-38)50-25(34(43)44)16-21-11-7-5-8-12-21/h6,9-10,13-14,19-21,23-33,37-42H,5,7-8,11-12,15-18H2,1-4H3,(H,43,44)/t19?,20?,23?,24-,25+,26+,27+,28?,29+,30-,31-,32?,33?,37+,38-/m1/s1. The van der Waals surface area contributed by atoms with Crippen LogP contribution in [0.25, 0.3) is 0 Å². The Labute approximate surface area is 314 Å². The number of carbonyl (C=O) groups is 3. The number of carboxylic acid groups (broad SMARTS) is 1. The average molecular weight is 769 g/mol. The largest absolute Gasteiger partial charge is 0.479 e. The summed E-state index contributed by atoms with van der Waals surface area (Å²) in [5.41, 5.74) is 0.148. The van der Waals surface area contributed by atoms with Gasteiger partial charge in [-0.2, -0.15) is 0 Å². The summed E-state index contributed by atoms with van der Waals surface area (Å²) in [5, 5.41) is 53.9. The van der Waals surface area contributed by atoms with E-state index in [1.165, 1.54) is 26.4 Å². The maximum absolute atomic E-state index is 13.6. The average Bonchev–Trinajstić information content (AvgIpc) is 3.17. The number of carboxylic acids is 1. The minimum Gasteiger partial charge on any atom is -0.479 e. The molecule has 5 N–H and O–H groups in total. The summed E-state index contributed by atoms with van der Waals surface area (Å²) in [6.07, 6.45) is -11.8. The number of ether oxygens (including phenoxy) is 8. The molecule has 0 amide bonds. The highest BCUT2D eigenvalue weighted by Gasteiger charge is 2.54. The van der Waals surface area contributed by atoms with Gasteiger partial charge in [0.25, 0.3) is 0 Å². The number of aliphatic hydroxyl groups excluding tert-OH is 4. The number of rotatable bonds is 14. The number of aliphatic carboxylic acids is 1. The van der Waals surface area contributed by atoms with E-state index in [4.69, 9.17) is 37.9 Å². The van der Waals surface area contributed by atoms with Crippen LogP contribution in [0.4, 0.5) is 0 Å². The molecule has 4 aliphatic rings. The van der Waals surface area contributed by atoms with Crippen LogP contribution >= 0.6 is 0 Å². The van der Waals surface area contributed by atoms with E-state index in [1.54, 1.807) is 32.0 Å². The molecule has 0 spiro atoms. The van der Waals surface area contributed by atoms with Crippen LogP contribution in [0, 0.1) is 17.8 Å². The Bertz CT molecular complexity index is 1360. The number of carbonyl (C=O) groups excluding carboxylic acids is 2. The fourth-order valence-corrected chi connectivity index (χ4v) is 8.28. The van der Waals surface area contributed by atoms with E-state index in [9.17, 15) is 39.9 Å². The summed E-state index contributed by atoms with van der Waals surface area (Å²) in [5.74, 6) is -3.67. The zero-order valence-corrected chi connectivity index (χ0v) is 31.2. The molecule has 0 radical (unpaired) electrons. The fourth-order valence-electron chi connectivity index (χ4n) is 8.28. The molecule has 0 bridgehead atoms. The summed E-state index contributed by atoms with van der Waals surface area (Å²) < 4.78 is 47.4. The lowest BCUT2D eigenvalue weighted by molar-refractivity contribution is -0.350. The summed E-state index contributed by atoms with van der Waals surface area (Å²) in [6, 6.07) is 8.00. The first-order chi connectivity index (χ1) is 25.9. The van der Waals surface area contributed by atoms with Gasteiger partial charge in [-0.1, -0.05) is 57.2 Å². The van der Waals surface area contributed by atoms with Crippen molar-refractivity contribution in [2.24, 2.45) is 17.8 Å². The second-order valence-corrected chi connectivity index (χ2v) is 15.0. The van der Waals surface area contributed by atoms with E-state index in [-0.39, 0.29) is 24.3 Å². The Morgan fingerprint density at radius 3 is 2.17 bits per heavy atom. The maximum Gasteiger partial charge on any atom is 0.338 e. The summed E-state index contributed by atoms with van der Waals surface area (Å²) in [7, 11) is 2.65. The molecule has 2 aliphatic heterocycles. The van der Waals surface area contributed by atoms with Crippen LogP contribution in [0.15, 0.2) is 30.3 Å². The van der Waals surface area contributed by atoms with Gasteiger partial charge in [-0.15, -0.1) is 0 Å². The van der Waals surface area contributed by atoms with Crippen molar-refractivity contribution < 1.29 is 77.8 Å². The molecule has 1 aromatic rings. The molecule has 15 atom stereocenters. The first kappa shape index (κ1) is 42.4. The predicted octanol–water partition coefficient (Wildman–Crippen LogP) is 1.57. The van der Waals surface area contributed by atoms with Crippen molar-refractivity contribution in [3.63, 3.8) is 0 Å². The van der Waals surface area contributed by atoms with E-state index in [1.807, 2.05) is 0 Å². The van der Waals surface area contributed by atoms with Gasteiger partial charge in [-0.3, -0.25) is 4.79 Å². The molecule has 2 heterocycles. The van der Waals surface area contributed by atoms with E-state index in [2.05, 4.69) is 0 Å². The molecular weight excluding hydrogens is 712 g/mol. The van der Waals surface area contributed by atoms with E-state index in [0.717, 1.165) is 32.1 Å². The first-order valence-electron chi connectivity index (χ1n) is 18.9. The van der Waals surface area contributed by atoms with Gasteiger partial charge < -0.3 is 63.4 Å². The van der Waals surface area contributed by atoms with Gasteiger partial charge in [-0.25, -0.2) is 9.59 Å². The van der Waals surface area contributed by atoms with Gasteiger partial charge in [0.1, 0.15) is 36.6 Å². The molecule has 54 heavy (non-hydrogen) atoms. The van der Waals surface area contributed by atoms with Crippen LogP contribution in [0.3, 0.4) is 0 Å². The summed E-state index contributed by atoms with van der Waals surface area (Å²) in [4.78, 5) is 39.1. The summed E-state index contributed by atoms with van der Waals surface area (Å²) >= 11 is 0. The lowest BCUT2D eigenvalue weighted by atomic mass is 9.78. The second kappa shape index (κ2) is 19.4. The highest BCUT2D eigenvalue weighted by molar-refractivity contribution is 5.89. The number of aliphatic hydroxyl groups is 4. The SMILES string of the molecule is COC(=O)C1CC(C)[C@@H](O[C@@H]2OC(C)[C@@H](OC)C(O)[C@@H]2O)[C@H](O[C@@H]2O[C@@H](CO)[C@H](O)C(O[C@@H](CC3CCCCC3)C(=O)O)C2OC(=O)c2ccccc2)C1. The molecule has 0 aromatic heterocycles. The van der Waals surface area contributed by atoms with Crippen molar-refractivity contribution in [2.75, 3.05) is 20.8 Å². The Hall–Kier alpha value is -2.77. The summed E-state index contributed by atoms with van der Waals surface area (Å²) in [6.45, 7) is 2.73. The maximum atomic E-state index is 13.6. The molecule has 6 unspecified atom stereocenters. The van der Waals surface area contributed by atoms with Crippen LogP contribution in [-0.2, 0) is 47.5 Å². The van der Waals surface area contributed by atoms with E-state index < -0.39 is 116 Å². The minimum atomic E-state index is -1.65. The molecule has 2 aliphatic carbocycles. The van der Waals surface area contributed by atoms with Crippen LogP contribution in [-0.4, -0.2) is 144 Å². The van der Waals surface area contributed by atoms with Crippen LogP contribution < -0.4 is 0 Å². The van der Waals surface area contributed by atoms with Gasteiger partial charge in [0.2, 0.25) is 0 Å². The molecule has 16 nitrogen and oxygen atoms in total. The molecule has 2 saturated heterocycles. The van der Waals surface area contributed by atoms with Crippen LogP contribution in [0.2, 0.25) is 0 Å². The zero-order chi connectivity index (χ0) is 39.1. The van der Waals surface area contributed by atoms with E-state index >= 15 is 0 Å². The topological polar surface area (TPSA) is 226 Å². The lowest BCUT2D eigenvalue weighted by Crippen LogP contribution is -2.64. The lowest BCUT2D eigenvalue weighted by Gasteiger charge is -2.48. The highest BCUT2D eigenvalue weighted by atomic mass is 16.7. The number of benzene rings is 1. The Morgan fingerprint density at radius 2 is 1.54 bits per heavy atom. The number of esters is 2. The molecule has 2 saturated carbocycles. The third-order valence-electron chi connectivity index (χ3n) is 11.2. The number of hydrogen-bond donors (Lipinski definition) is 5. The van der Waals surface area contributed by atoms with Gasteiger partial charge in [0.15, 0.2) is 24.8 Å². The van der Waals surface area contributed by atoms with Crippen molar-refractivity contribution in [3.8, 4) is 0 Å². The van der Waals surface area contributed by atoms with Crippen LogP contribution in [0.1, 0.15) is 75.6 Å². The Kier molecular flexibility index (Phi) is 15.2. The highest BCUT2D eigenvalue weighted by Crippen LogP contribution is 2.39. The Balaban J connectivity index is 1.48. The van der Waals surface area contributed by atoms with E-state index in [0.29, 0.717) is 6.42 Å². The van der Waals surface area contributed by atoms with Crippen molar-refractivity contribution in [1.82, 2.24) is 0 Å². The van der Waals surface area contributed by atoms with Gasteiger partial charge in [0, 0.05) is 7.11 Å². The first-order valence-corrected chi connectivity index (χ1v) is 18.9. The predicted molar refractivity (Wildman–Crippen MR) is 186 cm³/mol. The van der Waals surface area contributed by atoms with Crippen molar-refractivity contribution in [1.29, 1.82) is 0 Å². The Morgan fingerprint density at radius 1 is 0.833 bits per heavy atom. The molecular formula is C38H56O16. The van der Waals surface area contributed by atoms with Gasteiger partial charge >= 0.3 is 17.9 Å². The molecule has 304 valence electrons. The van der Waals surface area contributed by atoms with Crippen LogP contribution in [0.5, 0.6) is 0 Å². The van der Waals surface area contributed by atoms with Crippen molar-refractivity contribution in [2.45, 2.75) is 145 Å². The normalized spacial score (nSPS) is 38.3. The molecule has 1 aromatic carbocycles. The zero-order valence-electron chi connectivity index (χ0n) is 31.2. The second-order valence-electron chi connectivity index (χ2n) is 15.0. The molecule has 5 rings (SSSR count). The van der Waals surface area contributed by atoms with Gasteiger partial charge in [-0.05, 0) is 50.2 Å². The third kappa shape index (κ3) is 9.96. The number of methoxy groups -OCH3 is 2. The molecule has 4 fully saturated rings. The smallest absolute Gasteiger partial charge is 0.338 e. The quantitative estimate of drug-likeness (QED) is 0.169. The molecule has 16 heteroatoms. The van der Waals surface area contributed by atoms with Crippen molar-refractivity contribution >= 4 is 17.9 Å². The minimum absolute atomic E-state index is 0.000188. The number of hydrogen-bond acceptors (Lipinski definition) is 15. The monoisotopic (exact) mass is 768 g/mol. The third-order valence-corrected chi connectivity index (χ3v) is 11.2. The van der Waals surface area contributed by atoms with Crippen molar-refractivity contribution in [3.05, 3.63) is 35.9 Å². The van der Waals surface area contributed by atoms with Gasteiger partial charge in [0.05, 0.1) is 43.5 Å². The fraction of sp³-hybridized carbons (Fsp3) is 0.763.